The lowest BCUT2D eigenvalue weighted by atomic mass is 10.1. The summed E-state index contributed by atoms with van der Waals surface area (Å²) in [6.07, 6.45) is 1.75. The minimum absolute atomic E-state index is 0.0506. The fraction of sp³-hybridized carbons (Fsp3) is 0.500. The van der Waals surface area contributed by atoms with Crippen LogP contribution in [0.15, 0.2) is 6.20 Å². The molecule has 1 aliphatic heterocycles. The average molecular weight is 256 g/mol. The van der Waals surface area contributed by atoms with Crippen LogP contribution < -0.4 is 0 Å². The second kappa shape index (κ2) is 4.06. The molecular weight excluding hydrogens is 244 g/mol. The molecule has 6 nitrogen and oxygen atoms in total. The Morgan fingerprint density at radius 1 is 1.53 bits per heavy atom. The van der Waals surface area contributed by atoms with Crippen molar-refractivity contribution in [1.82, 2.24) is 9.97 Å². The molecular formula is C10H12N2O4S. The molecule has 1 unspecified atom stereocenters. The fourth-order valence-corrected chi connectivity index (χ4v) is 3.63. The molecule has 17 heavy (non-hydrogen) atoms. The largest absolute Gasteiger partial charge is 0.478 e. The second-order valence-corrected chi connectivity index (χ2v) is 6.36. The van der Waals surface area contributed by atoms with Gasteiger partial charge in [0.15, 0.2) is 9.84 Å². The third-order valence-corrected chi connectivity index (χ3v) is 4.59. The smallest absolute Gasteiger partial charge is 0.339 e. The Morgan fingerprint density at radius 2 is 2.24 bits per heavy atom. The Balaban J connectivity index is 2.30. The van der Waals surface area contributed by atoms with Crippen molar-refractivity contribution >= 4 is 15.8 Å². The minimum atomic E-state index is -2.98. The van der Waals surface area contributed by atoms with E-state index in [1.807, 2.05) is 0 Å². The molecule has 0 spiro atoms. The monoisotopic (exact) mass is 256 g/mol. The van der Waals surface area contributed by atoms with Crippen molar-refractivity contribution in [3.8, 4) is 0 Å². The quantitative estimate of drug-likeness (QED) is 0.821. The maximum atomic E-state index is 11.3. The molecule has 0 saturated carbocycles. The van der Waals surface area contributed by atoms with Crippen LogP contribution in [0.2, 0.25) is 0 Å². The van der Waals surface area contributed by atoms with E-state index in [1.165, 1.54) is 6.20 Å². The molecule has 1 atom stereocenters. The molecule has 1 aromatic rings. The second-order valence-electron chi connectivity index (χ2n) is 4.13. The topological polar surface area (TPSA) is 97.2 Å². The molecule has 92 valence electrons. The normalized spacial score (nSPS) is 22.5. The Hall–Kier alpha value is -1.50. The van der Waals surface area contributed by atoms with E-state index in [0.717, 1.165) is 0 Å². The SMILES string of the molecule is Cc1nc(C2CCS(=O)(=O)C2)ncc1C(=O)O. The highest BCUT2D eigenvalue weighted by molar-refractivity contribution is 7.91. The lowest BCUT2D eigenvalue weighted by molar-refractivity contribution is 0.0695. The predicted octanol–water partition coefficient (Wildman–Crippen LogP) is 0.385. The van der Waals surface area contributed by atoms with Crippen molar-refractivity contribution < 1.29 is 18.3 Å². The molecule has 1 fully saturated rings. The van der Waals surface area contributed by atoms with Gasteiger partial charge in [-0.3, -0.25) is 0 Å². The first-order valence-electron chi connectivity index (χ1n) is 5.16. The van der Waals surface area contributed by atoms with Crippen LogP contribution in [0.1, 0.15) is 34.2 Å². The molecule has 0 bridgehead atoms. The van der Waals surface area contributed by atoms with Crippen LogP contribution in [0, 0.1) is 6.92 Å². The number of carboxylic acids is 1. The molecule has 0 aliphatic carbocycles. The molecule has 7 heteroatoms. The van der Waals surface area contributed by atoms with Gasteiger partial charge in [0, 0.05) is 12.1 Å². The fourth-order valence-electron chi connectivity index (χ4n) is 1.89. The molecule has 1 saturated heterocycles. The molecule has 0 aromatic carbocycles. The third-order valence-electron chi connectivity index (χ3n) is 2.83. The summed E-state index contributed by atoms with van der Waals surface area (Å²) in [5, 5.41) is 8.83. The van der Waals surface area contributed by atoms with E-state index in [0.29, 0.717) is 17.9 Å². The predicted molar refractivity (Wildman–Crippen MR) is 59.7 cm³/mol. The van der Waals surface area contributed by atoms with E-state index in [2.05, 4.69) is 9.97 Å². The lowest BCUT2D eigenvalue weighted by Crippen LogP contribution is -2.11. The molecule has 0 amide bonds. The van der Waals surface area contributed by atoms with E-state index in [1.54, 1.807) is 6.92 Å². The maximum absolute atomic E-state index is 11.3. The number of aromatic carboxylic acids is 1. The Kier molecular flexibility index (Phi) is 2.86. The standard InChI is InChI=1S/C10H12N2O4S/c1-6-8(10(13)14)4-11-9(12-6)7-2-3-17(15,16)5-7/h4,7H,2-3,5H2,1H3,(H,13,14). The highest BCUT2D eigenvalue weighted by atomic mass is 32.2. The average Bonchev–Trinajstić information content (AvgIpc) is 2.58. The first-order chi connectivity index (χ1) is 7.89. The van der Waals surface area contributed by atoms with Crippen LogP contribution in [0.3, 0.4) is 0 Å². The molecule has 0 radical (unpaired) electrons. The number of nitrogens with zero attached hydrogens (tertiary/aromatic N) is 2. The minimum Gasteiger partial charge on any atom is -0.478 e. The zero-order valence-corrected chi connectivity index (χ0v) is 10.1. The van der Waals surface area contributed by atoms with Gasteiger partial charge in [-0.05, 0) is 13.3 Å². The van der Waals surface area contributed by atoms with Crippen LogP contribution in [-0.2, 0) is 9.84 Å². The van der Waals surface area contributed by atoms with Gasteiger partial charge in [-0.25, -0.2) is 23.2 Å². The highest BCUT2D eigenvalue weighted by Gasteiger charge is 2.31. The zero-order chi connectivity index (χ0) is 12.6. The Bertz CT molecular complexity index is 568. The first kappa shape index (κ1) is 12.0. The van der Waals surface area contributed by atoms with Gasteiger partial charge in [0.05, 0.1) is 22.8 Å². The molecule has 2 heterocycles. The van der Waals surface area contributed by atoms with E-state index in [-0.39, 0.29) is 23.0 Å². The van der Waals surface area contributed by atoms with E-state index < -0.39 is 15.8 Å². The third kappa shape index (κ3) is 2.44. The zero-order valence-electron chi connectivity index (χ0n) is 9.25. The highest BCUT2D eigenvalue weighted by Crippen LogP contribution is 2.26. The summed E-state index contributed by atoms with van der Waals surface area (Å²) in [7, 11) is -2.98. The number of aromatic nitrogens is 2. The summed E-state index contributed by atoms with van der Waals surface area (Å²) in [5.74, 6) is -0.650. The summed E-state index contributed by atoms with van der Waals surface area (Å²) in [4.78, 5) is 18.8. The van der Waals surface area contributed by atoms with Gasteiger partial charge in [0.2, 0.25) is 0 Å². The van der Waals surface area contributed by atoms with Gasteiger partial charge in [-0.2, -0.15) is 0 Å². The van der Waals surface area contributed by atoms with Gasteiger partial charge in [-0.15, -0.1) is 0 Å². The van der Waals surface area contributed by atoms with Crippen LogP contribution in [-0.4, -0.2) is 41.0 Å². The lowest BCUT2D eigenvalue weighted by Gasteiger charge is -2.07. The summed E-state index contributed by atoms with van der Waals surface area (Å²) in [5.41, 5.74) is 0.418. The first-order valence-corrected chi connectivity index (χ1v) is 6.98. The number of hydrogen-bond acceptors (Lipinski definition) is 5. The number of hydrogen-bond donors (Lipinski definition) is 1. The van der Waals surface area contributed by atoms with Crippen molar-refractivity contribution in [3.63, 3.8) is 0 Å². The molecule has 1 N–H and O–H groups in total. The van der Waals surface area contributed by atoms with Gasteiger partial charge in [0.1, 0.15) is 5.82 Å². The number of sulfone groups is 1. The summed E-state index contributed by atoms with van der Waals surface area (Å²) >= 11 is 0. The molecule has 2 rings (SSSR count). The van der Waals surface area contributed by atoms with Crippen molar-refractivity contribution in [2.45, 2.75) is 19.3 Å². The van der Waals surface area contributed by atoms with Crippen molar-refractivity contribution in [2.24, 2.45) is 0 Å². The van der Waals surface area contributed by atoms with Crippen LogP contribution in [0.5, 0.6) is 0 Å². The maximum Gasteiger partial charge on any atom is 0.339 e. The van der Waals surface area contributed by atoms with Gasteiger partial charge in [0.25, 0.3) is 0 Å². The van der Waals surface area contributed by atoms with Gasteiger partial charge >= 0.3 is 5.97 Å². The van der Waals surface area contributed by atoms with Crippen molar-refractivity contribution in [2.75, 3.05) is 11.5 Å². The number of aryl methyl sites for hydroxylation is 1. The van der Waals surface area contributed by atoms with Gasteiger partial charge in [-0.1, -0.05) is 0 Å². The number of carbonyl (C=O) groups is 1. The summed E-state index contributed by atoms with van der Waals surface area (Å²) in [6.45, 7) is 1.58. The van der Waals surface area contributed by atoms with Crippen LogP contribution in [0.4, 0.5) is 0 Å². The van der Waals surface area contributed by atoms with E-state index >= 15 is 0 Å². The van der Waals surface area contributed by atoms with Crippen LogP contribution >= 0.6 is 0 Å². The van der Waals surface area contributed by atoms with Crippen molar-refractivity contribution in [1.29, 1.82) is 0 Å². The van der Waals surface area contributed by atoms with E-state index in [9.17, 15) is 13.2 Å². The summed E-state index contributed by atoms with van der Waals surface area (Å²) in [6, 6.07) is 0. The van der Waals surface area contributed by atoms with Crippen LogP contribution in [0.25, 0.3) is 0 Å². The summed E-state index contributed by atoms with van der Waals surface area (Å²) < 4.78 is 22.6. The Labute approximate surface area is 98.6 Å². The molecule has 1 aliphatic rings. The van der Waals surface area contributed by atoms with Crippen molar-refractivity contribution in [3.05, 3.63) is 23.3 Å². The number of carboxylic acid groups (broad SMARTS) is 1. The molecule has 1 aromatic heterocycles. The van der Waals surface area contributed by atoms with E-state index in [4.69, 9.17) is 5.11 Å². The van der Waals surface area contributed by atoms with Gasteiger partial charge < -0.3 is 5.11 Å². The number of rotatable bonds is 2. The Morgan fingerprint density at radius 3 is 2.71 bits per heavy atom.